The molecule has 0 aliphatic rings. The minimum Gasteiger partial charge on any atom is -0.398 e. The molecule has 1 aromatic carbocycles. The second-order valence-corrected chi connectivity index (χ2v) is 5.77. The van der Waals surface area contributed by atoms with Gasteiger partial charge in [-0.3, -0.25) is 4.72 Å². The van der Waals surface area contributed by atoms with E-state index in [1.165, 1.54) is 17.6 Å². The van der Waals surface area contributed by atoms with Crippen molar-refractivity contribution in [2.45, 2.75) is 11.8 Å². The maximum Gasteiger partial charge on any atom is 0.265 e. The zero-order valence-electron chi connectivity index (χ0n) is 9.04. The van der Waals surface area contributed by atoms with Crippen molar-refractivity contribution in [3.8, 4) is 0 Å². The molecule has 5 nitrogen and oxygen atoms in total. The van der Waals surface area contributed by atoms with Crippen LogP contribution in [0.4, 0.5) is 11.5 Å². The fourth-order valence-electron chi connectivity index (χ4n) is 1.29. The number of nitrogens with zero attached hydrogens (tertiary/aromatic N) is 1. The van der Waals surface area contributed by atoms with Crippen molar-refractivity contribution in [1.29, 1.82) is 0 Å². The first kappa shape index (κ1) is 11.9. The molecule has 1 heterocycles. The summed E-state index contributed by atoms with van der Waals surface area (Å²) in [5.74, 6) is 0.346. The Labute approximate surface area is 104 Å². The van der Waals surface area contributed by atoms with Crippen LogP contribution in [0.1, 0.15) is 5.56 Å². The molecular weight excluding hydrogens is 258 g/mol. The van der Waals surface area contributed by atoms with Gasteiger partial charge in [-0.15, -0.1) is 0 Å². The summed E-state index contributed by atoms with van der Waals surface area (Å²) < 4.78 is 30.5. The first-order chi connectivity index (χ1) is 8.00. The number of nitrogens with one attached hydrogen (secondary N) is 1. The molecule has 0 unspecified atom stereocenters. The van der Waals surface area contributed by atoms with Gasteiger partial charge >= 0.3 is 0 Å². The van der Waals surface area contributed by atoms with Gasteiger partial charge in [0.05, 0.1) is 5.69 Å². The first-order valence-electron chi connectivity index (χ1n) is 4.79. The number of aromatic nitrogens is 1. The molecule has 7 heteroatoms. The molecule has 2 aromatic rings. The number of nitrogens with two attached hydrogens (primary N) is 1. The van der Waals surface area contributed by atoms with Crippen LogP contribution >= 0.6 is 11.5 Å². The average Bonchev–Trinajstić information content (AvgIpc) is 2.64. The molecule has 0 spiro atoms. The Morgan fingerprint density at radius 1 is 1.35 bits per heavy atom. The Bertz CT molecular complexity index is 635. The molecule has 0 saturated heterocycles. The second kappa shape index (κ2) is 4.34. The molecule has 90 valence electrons. The standard InChI is InChI=1S/C10H11N3O2S2/c1-7-6-16-12-10(7)13-17(14,15)9-5-3-2-4-8(9)11/h2-6H,11H2,1H3,(H,12,13). The highest BCUT2D eigenvalue weighted by molar-refractivity contribution is 7.92. The van der Waals surface area contributed by atoms with Gasteiger partial charge in [0.15, 0.2) is 5.82 Å². The van der Waals surface area contributed by atoms with Crippen LogP contribution in [0.15, 0.2) is 34.5 Å². The quantitative estimate of drug-likeness (QED) is 0.832. The lowest BCUT2D eigenvalue weighted by atomic mass is 10.3. The van der Waals surface area contributed by atoms with Crippen molar-refractivity contribution in [3.63, 3.8) is 0 Å². The molecule has 0 aliphatic carbocycles. The van der Waals surface area contributed by atoms with Crippen molar-refractivity contribution < 1.29 is 8.42 Å². The smallest absolute Gasteiger partial charge is 0.265 e. The first-order valence-corrected chi connectivity index (χ1v) is 7.11. The van der Waals surface area contributed by atoms with Crippen molar-refractivity contribution in [3.05, 3.63) is 35.2 Å². The fraction of sp³-hybridized carbons (Fsp3) is 0.100. The monoisotopic (exact) mass is 269 g/mol. The van der Waals surface area contributed by atoms with E-state index in [9.17, 15) is 8.42 Å². The number of anilines is 2. The molecule has 0 aliphatic heterocycles. The van der Waals surface area contributed by atoms with Crippen molar-refractivity contribution >= 4 is 33.1 Å². The largest absolute Gasteiger partial charge is 0.398 e. The van der Waals surface area contributed by atoms with Gasteiger partial charge in [-0.05, 0) is 30.6 Å². The molecule has 1 aromatic heterocycles. The molecule has 17 heavy (non-hydrogen) atoms. The molecule has 0 saturated carbocycles. The van der Waals surface area contributed by atoms with Crippen molar-refractivity contribution in [1.82, 2.24) is 4.37 Å². The summed E-state index contributed by atoms with van der Waals surface area (Å²) in [5, 5.41) is 1.77. The molecule has 2 rings (SSSR count). The van der Waals surface area contributed by atoms with E-state index in [4.69, 9.17) is 5.73 Å². The molecular formula is C10H11N3O2S2. The van der Waals surface area contributed by atoms with Crippen LogP contribution < -0.4 is 10.5 Å². The summed E-state index contributed by atoms with van der Waals surface area (Å²) >= 11 is 1.20. The molecule has 3 N–H and O–H groups in total. The van der Waals surface area contributed by atoms with E-state index in [0.717, 1.165) is 5.56 Å². The van der Waals surface area contributed by atoms with Crippen LogP contribution in [0.25, 0.3) is 0 Å². The predicted octanol–water partition coefficient (Wildman–Crippen LogP) is 1.83. The van der Waals surface area contributed by atoms with Crippen LogP contribution in [0.2, 0.25) is 0 Å². The van der Waals surface area contributed by atoms with Crippen LogP contribution in [-0.4, -0.2) is 12.8 Å². The number of para-hydroxylation sites is 1. The highest BCUT2D eigenvalue weighted by atomic mass is 32.2. The summed E-state index contributed by atoms with van der Waals surface area (Å²) in [6, 6.07) is 6.31. The summed E-state index contributed by atoms with van der Waals surface area (Å²) in [6.07, 6.45) is 0. The van der Waals surface area contributed by atoms with Crippen molar-refractivity contribution in [2.24, 2.45) is 0 Å². The Hall–Kier alpha value is -1.60. The van der Waals surface area contributed by atoms with E-state index in [-0.39, 0.29) is 10.6 Å². The van der Waals surface area contributed by atoms with Crippen LogP contribution in [0, 0.1) is 6.92 Å². The molecule has 0 fully saturated rings. The lowest BCUT2D eigenvalue weighted by Gasteiger charge is -2.08. The Morgan fingerprint density at radius 2 is 2.06 bits per heavy atom. The highest BCUT2D eigenvalue weighted by Crippen LogP contribution is 2.22. The molecule has 0 atom stereocenters. The number of nitrogen functional groups attached to an aromatic ring is 1. The van der Waals surface area contributed by atoms with E-state index in [2.05, 4.69) is 9.10 Å². The third kappa shape index (κ3) is 2.40. The predicted molar refractivity (Wildman–Crippen MR) is 68.5 cm³/mol. The minimum absolute atomic E-state index is 0.0624. The lowest BCUT2D eigenvalue weighted by molar-refractivity contribution is 0.601. The van der Waals surface area contributed by atoms with Gasteiger partial charge in [0.2, 0.25) is 0 Å². The van der Waals surface area contributed by atoms with Gasteiger partial charge in [-0.25, -0.2) is 8.42 Å². The second-order valence-electron chi connectivity index (χ2n) is 3.49. The van der Waals surface area contributed by atoms with Gasteiger partial charge in [-0.1, -0.05) is 12.1 Å². The highest BCUT2D eigenvalue weighted by Gasteiger charge is 2.18. The molecule has 0 amide bonds. The number of rotatable bonds is 3. The maximum absolute atomic E-state index is 12.0. The fourth-order valence-corrected chi connectivity index (χ4v) is 3.18. The number of benzene rings is 1. The van der Waals surface area contributed by atoms with Gasteiger partial charge in [0.1, 0.15) is 4.90 Å². The zero-order chi connectivity index (χ0) is 12.5. The third-order valence-corrected chi connectivity index (χ3v) is 4.35. The van der Waals surface area contributed by atoms with E-state index < -0.39 is 10.0 Å². The summed E-state index contributed by atoms with van der Waals surface area (Å²) in [5.41, 5.74) is 6.64. The number of hydrogen-bond donors (Lipinski definition) is 2. The Morgan fingerprint density at radius 3 is 2.65 bits per heavy atom. The number of sulfonamides is 1. The normalized spacial score (nSPS) is 11.4. The van der Waals surface area contributed by atoms with Gasteiger partial charge < -0.3 is 5.73 Å². The molecule has 0 radical (unpaired) electrons. The van der Waals surface area contributed by atoms with E-state index in [0.29, 0.717) is 5.82 Å². The van der Waals surface area contributed by atoms with Crippen molar-refractivity contribution in [2.75, 3.05) is 10.5 Å². The third-order valence-electron chi connectivity index (χ3n) is 2.19. The zero-order valence-corrected chi connectivity index (χ0v) is 10.7. The Kier molecular flexibility index (Phi) is 3.03. The Balaban J connectivity index is 2.39. The lowest BCUT2D eigenvalue weighted by Crippen LogP contribution is -2.15. The van der Waals surface area contributed by atoms with E-state index in [1.54, 1.807) is 30.5 Å². The van der Waals surface area contributed by atoms with Gasteiger partial charge in [0.25, 0.3) is 10.0 Å². The van der Waals surface area contributed by atoms with E-state index in [1.807, 2.05) is 0 Å². The van der Waals surface area contributed by atoms with Crippen LogP contribution in [-0.2, 0) is 10.0 Å². The van der Waals surface area contributed by atoms with Gasteiger partial charge in [0, 0.05) is 10.9 Å². The summed E-state index contributed by atoms with van der Waals surface area (Å²) in [4.78, 5) is 0.0624. The number of aryl methyl sites for hydroxylation is 1. The van der Waals surface area contributed by atoms with Crippen LogP contribution in [0.5, 0.6) is 0 Å². The summed E-state index contributed by atoms with van der Waals surface area (Å²) in [6.45, 7) is 1.79. The van der Waals surface area contributed by atoms with Gasteiger partial charge in [-0.2, -0.15) is 4.37 Å². The summed E-state index contributed by atoms with van der Waals surface area (Å²) in [7, 11) is -3.67. The van der Waals surface area contributed by atoms with Crippen LogP contribution in [0.3, 0.4) is 0 Å². The topological polar surface area (TPSA) is 85.1 Å². The molecule has 0 bridgehead atoms. The SMILES string of the molecule is Cc1csnc1NS(=O)(=O)c1ccccc1N. The maximum atomic E-state index is 12.0. The average molecular weight is 269 g/mol. The number of hydrogen-bond acceptors (Lipinski definition) is 5. The minimum atomic E-state index is -3.67. The van der Waals surface area contributed by atoms with E-state index >= 15 is 0 Å².